The summed E-state index contributed by atoms with van der Waals surface area (Å²) in [6, 6.07) is 14.2. The molecule has 0 spiro atoms. The molecule has 0 radical (unpaired) electrons. The van der Waals surface area contributed by atoms with Crippen LogP contribution < -0.4 is 15.2 Å². The van der Waals surface area contributed by atoms with Crippen molar-refractivity contribution in [3.63, 3.8) is 0 Å². The summed E-state index contributed by atoms with van der Waals surface area (Å²) >= 11 is 0. The van der Waals surface area contributed by atoms with Crippen LogP contribution in [0, 0.1) is 26.6 Å². The smallest absolute Gasteiger partial charge is 0.263 e. The fraction of sp³-hybridized carbons (Fsp3) is 0.0968. The standard InChI is InChI=1S/C31H26FN7O4S/c1-17-8-21(14-34-13-17)44(41,42)38-24-12-25-20(9-18(24)2)11-26(37-25)30(40)22-15-36-39(31(22)33)27-16-35-29(10-19(27)3)43-28-7-5-4-6-23(28)32/h4-16,37-38H,33H2,1-3H3. The Hall–Kier alpha value is -5.56. The van der Waals surface area contributed by atoms with Gasteiger partial charge in [0, 0.05) is 29.4 Å². The average Bonchev–Trinajstić information content (AvgIpc) is 3.57. The van der Waals surface area contributed by atoms with Gasteiger partial charge in [0.1, 0.15) is 10.7 Å². The van der Waals surface area contributed by atoms with Gasteiger partial charge < -0.3 is 15.5 Å². The van der Waals surface area contributed by atoms with Crippen LogP contribution in [-0.2, 0) is 10.0 Å². The quantitative estimate of drug-likeness (QED) is 0.187. The molecule has 11 nitrogen and oxygen atoms in total. The van der Waals surface area contributed by atoms with Gasteiger partial charge in [-0.25, -0.2) is 22.5 Å². The van der Waals surface area contributed by atoms with E-state index < -0.39 is 21.6 Å². The average molecular weight is 612 g/mol. The Labute approximate surface area is 251 Å². The van der Waals surface area contributed by atoms with Gasteiger partial charge in [-0.2, -0.15) is 5.10 Å². The number of nitrogen functional groups attached to an aromatic ring is 1. The van der Waals surface area contributed by atoms with E-state index >= 15 is 0 Å². The Morgan fingerprint density at radius 2 is 1.80 bits per heavy atom. The van der Waals surface area contributed by atoms with Gasteiger partial charge in [0.15, 0.2) is 11.6 Å². The molecule has 0 aliphatic carbocycles. The lowest BCUT2D eigenvalue weighted by atomic mass is 10.1. The van der Waals surface area contributed by atoms with Gasteiger partial charge in [-0.15, -0.1) is 0 Å². The van der Waals surface area contributed by atoms with Gasteiger partial charge in [0.25, 0.3) is 10.0 Å². The highest BCUT2D eigenvalue weighted by Crippen LogP contribution is 2.30. The minimum Gasteiger partial charge on any atom is -0.436 e. The van der Waals surface area contributed by atoms with Gasteiger partial charge >= 0.3 is 0 Å². The number of aromatic amines is 1. The number of rotatable bonds is 8. The molecule has 4 heterocycles. The summed E-state index contributed by atoms with van der Waals surface area (Å²) in [6.07, 6.45) is 5.70. The number of H-pyrrole nitrogens is 1. The Bertz CT molecular complexity index is 2190. The monoisotopic (exact) mass is 611 g/mol. The summed E-state index contributed by atoms with van der Waals surface area (Å²) in [5.74, 6) is -0.595. The van der Waals surface area contributed by atoms with E-state index in [2.05, 4.69) is 24.8 Å². The lowest BCUT2D eigenvalue weighted by molar-refractivity contribution is 0.103. The number of halogens is 1. The van der Waals surface area contributed by atoms with Crippen LogP contribution >= 0.6 is 0 Å². The number of nitrogens with zero attached hydrogens (tertiary/aromatic N) is 4. The first-order valence-corrected chi connectivity index (χ1v) is 14.8. The third-order valence-electron chi connectivity index (χ3n) is 7.00. The summed E-state index contributed by atoms with van der Waals surface area (Å²) in [5, 5.41) is 5.02. The number of aromatic nitrogens is 5. The number of hydrogen-bond donors (Lipinski definition) is 3. The zero-order chi connectivity index (χ0) is 31.2. The van der Waals surface area contributed by atoms with Crippen molar-refractivity contribution in [2.75, 3.05) is 10.5 Å². The first-order chi connectivity index (χ1) is 21.0. The Kier molecular flexibility index (Phi) is 7.09. The molecule has 4 aromatic heterocycles. The fourth-order valence-corrected chi connectivity index (χ4v) is 5.88. The lowest BCUT2D eigenvalue weighted by Gasteiger charge is -2.11. The third-order valence-corrected chi connectivity index (χ3v) is 8.34. The van der Waals surface area contributed by atoms with Crippen molar-refractivity contribution in [3.05, 3.63) is 113 Å². The topological polar surface area (TPSA) is 158 Å². The SMILES string of the molecule is Cc1cncc(S(=O)(=O)Nc2cc3[nH]c(C(=O)c4cnn(-c5cnc(Oc6ccccc6F)cc5C)c4N)cc3cc2C)c1. The number of carbonyl (C=O) groups excluding carboxylic acids is 1. The maximum Gasteiger partial charge on any atom is 0.263 e. The zero-order valence-corrected chi connectivity index (χ0v) is 24.6. The van der Waals surface area contributed by atoms with E-state index in [9.17, 15) is 17.6 Å². The number of ketones is 1. The van der Waals surface area contributed by atoms with Crippen LogP contribution in [0.2, 0.25) is 0 Å². The number of ether oxygens (including phenoxy) is 1. The van der Waals surface area contributed by atoms with Crippen LogP contribution in [0.1, 0.15) is 32.7 Å². The lowest BCUT2D eigenvalue weighted by Crippen LogP contribution is -2.14. The number of carbonyl (C=O) groups is 1. The Morgan fingerprint density at radius 1 is 1.00 bits per heavy atom. The van der Waals surface area contributed by atoms with Crippen molar-refractivity contribution in [1.29, 1.82) is 0 Å². The van der Waals surface area contributed by atoms with Crippen molar-refractivity contribution in [1.82, 2.24) is 24.7 Å². The van der Waals surface area contributed by atoms with E-state index in [-0.39, 0.29) is 33.6 Å². The van der Waals surface area contributed by atoms with Gasteiger partial charge in [0.05, 0.1) is 35.0 Å². The maximum atomic E-state index is 14.0. The molecule has 6 aromatic rings. The molecule has 0 aliphatic heterocycles. The van der Waals surface area contributed by atoms with Crippen LogP contribution in [0.25, 0.3) is 16.6 Å². The third kappa shape index (κ3) is 5.36. The maximum absolute atomic E-state index is 14.0. The van der Waals surface area contributed by atoms with Gasteiger partial charge in [-0.1, -0.05) is 12.1 Å². The van der Waals surface area contributed by atoms with Crippen molar-refractivity contribution in [3.8, 4) is 17.3 Å². The summed E-state index contributed by atoms with van der Waals surface area (Å²) in [7, 11) is -3.88. The van der Waals surface area contributed by atoms with Crippen molar-refractivity contribution in [2.24, 2.45) is 0 Å². The number of benzene rings is 2. The minimum atomic E-state index is -3.88. The molecule has 0 amide bonds. The van der Waals surface area contributed by atoms with E-state index in [0.29, 0.717) is 39.0 Å². The molecule has 2 aromatic carbocycles. The van der Waals surface area contributed by atoms with Gasteiger partial charge in [-0.05, 0) is 73.9 Å². The number of hydrogen-bond acceptors (Lipinski definition) is 8. The fourth-order valence-electron chi connectivity index (χ4n) is 4.72. The first kappa shape index (κ1) is 28.6. The summed E-state index contributed by atoms with van der Waals surface area (Å²) < 4.78 is 49.5. The number of fused-ring (bicyclic) bond motifs is 1. The molecule has 0 fully saturated rings. The van der Waals surface area contributed by atoms with Crippen LogP contribution in [0.4, 0.5) is 15.9 Å². The molecule has 0 saturated carbocycles. The highest BCUT2D eigenvalue weighted by atomic mass is 32.2. The second-order valence-corrected chi connectivity index (χ2v) is 11.9. The molecule has 44 heavy (non-hydrogen) atoms. The van der Waals surface area contributed by atoms with Crippen molar-refractivity contribution < 1.29 is 22.3 Å². The van der Waals surface area contributed by atoms with Gasteiger partial charge in [0.2, 0.25) is 11.7 Å². The number of aryl methyl sites for hydroxylation is 3. The number of anilines is 2. The van der Waals surface area contributed by atoms with Crippen LogP contribution in [0.15, 0.2) is 84.3 Å². The van der Waals surface area contributed by atoms with E-state index in [1.54, 1.807) is 63.4 Å². The Balaban J connectivity index is 1.26. The van der Waals surface area contributed by atoms with Crippen LogP contribution in [-0.4, -0.2) is 38.9 Å². The molecule has 13 heteroatoms. The summed E-state index contributed by atoms with van der Waals surface area (Å²) in [5.41, 5.74) is 10.3. The molecule has 6 rings (SSSR count). The van der Waals surface area contributed by atoms with Crippen molar-refractivity contribution >= 4 is 38.2 Å². The number of para-hydroxylation sites is 1. The first-order valence-electron chi connectivity index (χ1n) is 13.4. The molecule has 0 atom stereocenters. The highest BCUT2D eigenvalue weighted by Gasteiger charge is 2.22. The predicted octanol–water partition coefficient (Wildman–Crippen LogP) is 5.61. The minimum absolute atomic E-state index is 0.0419. The Morgan fingerprint density at radius 3 is 2.55 bits per heavy atom. The van der Waals surface area contributed by atoms with E-state index in [1.165, 1.54) is 41.5 Å². The molecular formula is C31H26FN7O4S. The molecule has 222 valence electrons. The van der Waals surface area contributed by atoms with E-state index in [0.717, 1.165) is 0 Å². The van der Waals surface area contributed by atoms with Crippen LogP contribution in [0.5, 0.6) is 11.6 Å². The number of sulfonamides is 1. The molecule has 0 unspecified atom stereocenters. The number of nitrogens with two attached hydrogens (primary N) is 1. The second kappa shape index (κ2) is 10.9. The molecule has 0 aliphatic rings. The number of nitrogens with one attached hydrogen (secondary N) is 2. The second-order valence-electron chi connectivity index (χ2n) is 10.3. The predicted molar refractivity (Wildman–Crippen MR) is 163 cm³/mol. The summed E-state index contributed by atoms with van der Waals surface area (Å²) in [6.45, 7) is 5.32. The van der Waals surface area contributed by atoms with E-state index in [1.807, 2.05) is 0 Å². The molecular weight excluding hydrogens is 585 g/mol. The zero-order valence-electron chi connectivity index (χ0n) is 23.8. The molecule has 4 N–H and O–H groups in total. The van der Waals surface area contributed by atoms with Gasteiger partial charge in [-0.3, -0.25) is 14.5 Å². The van der Waals surface area contributed by atoms with E-state index in [4.69, 9.17) is 10.5 Å². The normalized spacial score (nSPS) is 11.5. The largest absolute Gasteiger partial charge is 0.436 e. The molecule has 0 saturated heterocycles. The van der Waals surface area contributed by atoms with Crippen molar-refractivity contribution in [2.45, 2.75) is 25.7 Å². The number of pyridine rings is 2. The van der Waals surface area contributed by atoms with Crippen LogP contribution in [0.3, 0.4) is 0 Å². The highest BCUT2D eigenvalue weighted by molar-refractivity contribution is 7.92. The summed E-state index contributed by atoms with van der Waals surface area (Å²) in [4.78, 5) is 24.9. The molecule has 0 bridgehead atoms.